The van der Waals surface area contributed by atoms with Gasteiger partial charge < -0.3 is 10.1 Å². The maximum Gasteiger partial charge on any atom is 0.137 e. The molecule has 0 atom stereocenters. The van der Waals surface area contributed by atoms with Crippen LogP contribution in [0.2, 0.25) is 0 Å². The average molecular weight is 255 g/mol. The summed E-state index contributed by atoms with van der Waals surface area (Å²) in [6, 6.07) is 13.9. The van der Waals surface area contributed by atoms with E-state index in [0.717, 1.165) is 22.8 Å². The standard InChI is InChI=1S/C14H13N3S/c15-11-4-3-5-13(8-11)18-10-12-9-17-7-2-1-6-14(17)16-12/h1-9H,10,15H2. The van der Waals surface area contributed by atoms with Crippen LogP contribution in [0.4, 0.5) is 5.69 Å². The van der Waals surface area contributed by atoms with E-state index in [1.54, 1.807) is 11.8 Å². The van der Waals surface area contributed by atoms with Crippen molar-refractivity contribution in [2.24, 2.45) is 0 Å². The van der Waals surface area contributed by atoms with Crippen molar-refractivity contribution in [3.05, 3.63) is 60.6 Å². The molecule has 4 heteroatoms. The molecule has 3 aromatic rings. The lowest BCUT2D eigenvalue weighted by Gasteiger charge is -2.00. The number of benzene rings is 1. The Balaban J connectivity index is 1.76. The van der Waals surface area contributed by atoms with Crippen molar-refractivity contribution >= 4 is 23.1 Å². The summed E-state index contributed by atoms with van der Waals surface area (Å²) in [6.07, 6.45) is 4.08. The molecule has 0 spiro atoms. The van der Waals surface area contributed by atoms with Crippen LogP contribution in [-0.2, 0) is 5.75 Å². The van der Waals surface area contributed by atoms with Gasteiger partial charge in [0.15, 0.2) is 0 Å². The largest absolute Gasteiger partial charge is 0.399 e. The number of nitrogens with two attached hydrogens (primary N) is 1. The molecule has 2 heterocycles. The quantitative estimate of drug-likeness (QED) is 0.577. The molecule has 3 nitrogen and oxygen atoms in total. The monoisotopic (exact) mass is 255 g/mol. The molecule has 1 aromatic carbocycles. The van der Waals surface area contributed by atoms with Crippen molar-refractivity contribution in [3.8, 4) is 0 Å². The molecule has 3 rings (SSSR count). The van der Waals surface area contributed by atoms with E-state index in [9.17, 15) is 0 Å². The second-order valence-corrected chi connectivity index (χ2v) is 5.11. The molecule has 0 unspecified atom stereocenters. The Hall–Kier alpha value is -1.94. The zero-order valence-corrected chi connectivity index (χ0v) is 10.6. The number of nitrogen functional groups attached to an aromatic ring is 1. The molecule has 0 aliphatic heterocycles. The Morgan fingerprint density at radius 1 is 1.17 bits per heavy atom. The van der Waals surface area contributed by atoms with Gasteiger partial charge in [0.25, 0.3) is 0 Å². The highest BCUT2D eigenvalue weighted by molar-refractivity contribution is 7.98. The molecule has 0 aliphatic rings. The van der Waals surface area contributed by atoms with Crippen LogP contribution in [-0.4, -0.2) is 9.38 Å². The van der Waals surface area contributed by atoms with Gasteiger partial charge in [-0.25, -0.2) is 4.98 Å². The number of rotatable bonds is 3. The van der Waals surface area contributed by atoms with E-state index in [2.05, 4.69) is 17.2 Å². The first-order valence-electron chi connectivity index (χ1n) is 5.72. The minimum atomic E-state index is 0.801. The number of thioether (sulfide) groups is 1. The topological polar surface area (TPSA) is 43.3 Å². The molecule has 18 heavy (non-hydrogen) atoms. The summed E-state index contributed by atoms with van der Waals surface area (Å²) >= 11 is 1.75. The number of hydrogen-bond acceptors (Lipinski definition) is 3. The number of aromatic nitrogens is 2. The van der Waals surface area contributed by atoms with Crippen molar-refractivity contribution in [1.29, 1.82) is 0 Å². The van der Waals surface area contributed by atoms with Gasteiger partial charge in [-0.2, -0.15) is 0 Å². The first kappa shape index (κ1) is 11.2. The molecular weight excluding hydrogens is 242 g/mol. The van der Waals surface area contributed by atoms with Crippen molar-refractivity contribution in [1.82, 2.24) is 9.38 Å². The molecule has 90 valence electrons. The Kier molecular flexibility index (Phi) is 2.94. The number of anilines is 1. The molecular formula is C14H13N3S. The van der Waals surface area contributed by atoms with Crippen LogP contribution in [0.3, 0.4) is 0 Å². The number of pyridine rings is 1. The number of nitrogens with zero attached hydrogens (tertiary/aromatic N) is 2. The highest BCUT2D eigenvalue weighted by Gasteiger charge is 2.02. The van der Waals surface area contributed by atoms with Gasteiger partial charge >= 0.3 is 0 Å². The minimum absolute atomic E-state index is 0.801. The van der Waals surface area contributed by atoms with Gasteiger partial charge in [0.1, 0.15) is 5.65 Å². The number of imidazole rings is 1. The van der Waals surface area contributed by atoms with Gasteiger partial charge in [-0.15, -0.1) is 11.8 Å². The highest BCUT2D eigenvalue weighted by Crippen LogP contribution is 2.24. The van der Waals surface area contributed by atoms with Gasteiger partial charge in [0.2, 0.25) is 0 Å². The Morgan fingerprint density at radius 2 is 2.11 bits per heavy atom. The molecule has 0 bridgehead atoms. The highest BCUT2D eigenvalue weighted by atomic mass is 32.2. The Labute approximate surface area is 110 Å². The van der Waals surface area contributed by atoms with E-state index in [-0.39, 0.29) is 0 Å². The van der Waals surface area contributed by atoms with Gasteiger partial charge in [-0.1, -0.05) is 12.1 Å². The van der Waals surface area contributed by atoms with Gasteiger partial charge in [0.05, 0.1) is 5.69 Å². The zero-order valence-electron chi connectivity index (χ0n) is 9.78. The molecule has 0 radical (unpaired) electrons. The first-order chi connectivity index (χ1) is 8.81. The lowest BCUT2D eigenvalue weighted by molar-refractivity contribution is 1.18. The molecule has 0 fully saturated rings. The molecule has 0 amide bonds. The Bertz CT molecular complexity index is 642. The second kappa shape index (κ2) is 4.74. The first-order valence-corrected chi connectivity index (χ1v) is 6.71. The lowest BCUT2D eigenvalue weighted by atomic mass is 10.3. The summed E-state index contributed by atoms with van der Waals surface area (Å²) in [5, 5.41) is 0. The van der Waals surface area contributed by atoms with Crippen LogP contribution in [0.5, 0.6) is 0 Å². The average Bonchev–Trinajstić information content (AvgIpc) is 2.79. The summed E-state index contributed by atoms with van der Waals surface area (Å²) in [6.45, 7) is 0. The summed E-state index contributed by atoms with van der Waals surface area (Å²) in [7, 11) is 0. The van der Waals surface area contributed by atoms with Gasteiger partial charge in [-0.05, 0) is 30.3 Å². The van der Waals surface area contributed by atoms with Crippen molar-refractivity contribution in [2.45, 2.75) is 10.6 Å². The molecule has 2 N–H and O–H groups in total. The van der Waals surface area contributed by atoms with Crippen LogP contribution in [0.15, 0.2) is 59.8 Å². The number of hydrogen-bond donors (Lipinski definition) is 1. The SMILES string of the molecule is Nc1cccc(SCc2cn3ccccc3n2)c1. The van der Waals surface area contributed by atoms with E-state index in [0.29, 0.717) is 0 Å². The maximum atomic E-state index is 5.76. The predicted octanol–water partition coefficient (Wildman–Crippen LogP) is 3.21. The third kappa shape index (κ3) is 2.33. The summed E-state index contributed by atoms with van der Waals surface area (Å²) in [4.78, 5) is 5.73. The smallest absolute Gasteiger partial charge is 0.137 e. The summed E-state index contributed by atoms with van der Waals surface area (Å²) < 4.78 is 2.04. The van der Waals surface area contributed by atoms with Crippen molar-refractivity contribution in [2.75, 3.05) is 5.73 Å². The van der Waals surface area contributed by atoms with Gasteiger partial charge in [0, 0.05) is 28.7 Å². The van der Waals surface area contributed by atoms with Crippen molar-refractivity contribution in [3.63, 3.8) is 0 Å². The fourth-order valence-corrected chi connectivity index (χ4v) is 2.67. The van der Waals surface area contributed by atoms with Gasteiger partial charge in [-0.3, -0.25) is 0 Å². The Morgan fingerprint density at radius 3 is 2.94 bits per heavy atom. The molecule has 0 aliphatic carbocycles. The maximum absolute atomic E-state index is 5.76. The fraction of sp³-hybridized carbons (Fsp3) is 0.0714. The normalized spacial score (nSPS) is 10.9. The van der Waals surface area contributed by atoms with Crippen molar-refractivity contribution < 1.29 is 0 Å². The van der Waals surface area contributed by atoms with E-state index in [1.165, 1.54) is 4.90 Å². The molecule has 0 saturated heterocycles. The summed E-state index contributed by atoms with van der Waals surface area (Å²) in [5.41, 5.74) is 8.62. The van der Waals surface area contributed by atoms with Crippen LogP contribution >= 0.6 is 11.8 Å². The van der Waals surface area contributed by atoms with Crippen LogP contribution < -0.4 is 5.73 Å². The second-order valence-electron chi connectivity index (χ2n) is 4.06. The van der Waals surface area contributed by atoms with E-state index in [4.69, 9.17) is 5.73 Å². The predicted molar refractivity (Wildman–Crippen MR) is 75.6 cm³/mol. The van der Waals surface area contributed by atoms with Crippen LogP contribution in [0.1, 0.15) is 5.69 Å². The van der Waals surface area contributed by atoms with E-state index >= 15 is 0 Å². The molecule has 0 saturated carbocycles. The van der Waals surface area contributed by atoms with E-state index in [1.807, 2.05) is 47.0 Å². The number of fused-ring (bicyclic) bond motifs is 1. The summed E-state index contributed by atoms with van der Waals surface area (Å²) in [5.74, 6) is 0.852. The third-order valence-electron chi connectivity index (χ3n) is 2.66. The molecule has 2 aromatic heterocycles. The minimum Gasteiger partial charge on any atom is -0.399 e. The van der Waals surface area contributed by atoms with Crippen LogP contribution in [0, 0.1) is 0 Å². The van der Waals surface area contributed by atoms with Crippen LogP contribution in [0.25, 0.3) is 5.65 Å². The lowest BCUT2D eigenvalue weighted by Crippen LogP contribution is -1.84. The fourth-order valence-electron chi connectivity index (χ4n) is 1.82. The van der Waals surface area contributed by atoms with E-state index < -0.39 is 0 Å². The zero-order chi connectivity index (χ0) is 12.4. The third-order valence-corrected chi connectivity index (χ3v) is 3.69.